The first kappa shape index (κ1) is 14.6. The minimum Gasteiger partial charge on any atom is -0.393 e. The van der Waals surface area contributed by atoms with Gasteiger partial charge in [0.2, 0.25) is 0 Å². The predicted octanol–water partition coefficient (Wildman–Crippen LogP) is 2.71. The van der Waals surface area contributed by atoms with Crippen molar-refractivity contribution < 1.29 is 5.11 Å². The number of aliphatic hydroxyl groups is 1. The van der Waals surface area contributed by atoms with E-state index >= 15 is 0 Å². The number of halogens is 2. The van der Waals surface area contributed by atoms with E-state index in [0.717, 1.165) is 39.0 Å². The molecule has 2 N–H and O–H groups in total. The summed E-state index contributed by atoms with van der Waals surface area (Å²) in [5.74, 6) is 0.613. The molecular weight excluding hydrogens is 295 g/mol. The average molecular weight is 315 g/mol. The fourth-order valence-corrected chi connectivity index (χ4v) is 3.48. The fraction of sp³-hybridized carbons (Fsp3) is 0.600. The van der Waals surface area contributed by atoms with E-state index in [0.29, 0.717) is 22.0 Å². The summed E-state index contributed by atoms with van der Waals surface area (Å²) in [6.45, 7) is 3.99. The smallest absolute Gasteiger partial charge is 0.0595 e. The van der Waals surface area contributed by atoms with Crippen LogP contribution in [0.4, 0.5) is 0 Å². The Morgan fingerprint density at radius 3 is 2.40 bits per heavy atom. The zero-order valence-corrected chi connectivity index (χ0v) is 12.9. The predicted molar refractivity (Wildman–Crippen MR) is 82.4 cm³/mol. The first-order chi connectivity index (χ1) is 9.65. The van der Waals surface area contributed by atoms with Crippen molar-refractivity contribution in [2.45, 2.75) is 25.0 Å². The summed E-state index contributed by atoms with van der Waals surface area (Å²) < 4.78 is 0. The van der Waals surface area contributed by atoms with Crippen molar-refractivity contribution in [1.82, 2.24) is 10.2 Å². The molecule has 2 heterocycles. The Morgan fingerprint density at radius 2 is 1.85 bits per heavy atom. The molecule has 1 aromatic rings. The van der Waals surface area contributed by atoms with Crippen LogP contribution in [-0.2, 0) is 0 Å². The van der Waals surface area contributed by atoms with Gasteiger partial charge in [-0.15, -0.1) is 0 Å². The van der Waals surface area contributed by atoms with Gasteiger partial charge >= 0.3 is 0 Å². The normalized spacial score (nSPS) is 23.6. The number of benzene rings is 1. The Bertz CT molecular complexity index is 471. The number of aliphatic hydroxyl groups excluding tert-OH is 1. The quantitative estimate of drug-likeness (QED) is 0.900. The molecule has 0 bridgehead atoms. The number of hydrogen-bond acceptors (Lipinski definition) is 3. The molecule has 0 radical (unpaired) electrons. The van der Waals surface area contributed by atoms with Gasteiger partial charge in [0, 0.05) is 38.1 Å². The lowest BCUT2D eigenvalue weighted by molar-refractivity contribution is 0.0328. The minimum absolute atomic E-state index is 0.139. The molecule has 0 aromatic heterocycles. The van der Waals surface area contributed by atoms with Gasteiger partial charge in [-0.05, 0) is 30.5 Å². The standard InChI is InChI=1S/C15H20Cl2N2O/c16-13-2-1-10(7-14(13)17)15(11-8-18-9-11)19-5-3-12(20)4-6-19/h1-2,7,11-12,15,18,20H,3-6,8-9H2. The summed E-state index contributed by atoms with van der Waals surface area (Å²) in [7, 11) is 0. The minimum atomic E-state index is -0.139. The van der Waals surface area contributed by atoms with Gasteiger partial charge < -0.3 is 10.4 Å². The molecule has 20 heavy (non-hydrogen) atoms. The molecule has 110 valence electrons. The Labute approximate surface area is 129 Å². The van der Waals surface area contributed by atoms with E-state index in [4.69, 9.17) is 23.2 Å². The Balaban J connectivity index is 1.83. The van der Waals surface area contributed by atoms with Crippen LogP contribution in [0, 0.1) is 5.92 Å². The molecule has 0 amide bonds. The molecule has 1 atom stereocenters. The molecule has 0 saturated carbocycles. The van der Waals surface area contributed by atoms with Crippen LogP contribution in [0.2, 0.25) is 10.0 Å². The van der Waals surface area contributed by atoms with Gasteiger partial charge in [0.1, 0.15) is 0 Å². The third kappa shape index (κ3) is 2.97. The van der Waals surface area contributed by atoms with Crippen LogP contribution in [0.3, 0.4) is 0 Å². The lowest BCUT2D eigenvalue weighted by Crippen LogP contribution is -2.52. The molecule has 1 unspecified atom stereocenters. The van der Waals surface area contributed by atoms with E-state index < -0.39 is 0 Å². The van der Waals surface area contributed by atoms with Crippen molar-refractivity contribution in [1.29, 1.82) is 0 Å². The molecule has 2 saturated heterocycles. The van der Waals surface area contributed by atoms with Gasteiger partial charge in [-0.2, -0.15) is 0 Å². The van der Waals surface area contributed by atoms with Crippen LogP contribution in [0.5, 0.6) is 0 Å². The fourth-order valence-electron chi connectivity index (χ4n) is 3.18. The highest BCUT2D eigenvalue weighted by atomic mass is 35.5. The number of piperidine rings is 1. The molecule has 0 spiro atoms. The van der Waals surface area contributed by atoms with Gasteiger partial charge in [0.15, 0.2) is 0 Å². The SMILES string of the molecule is OC1CCN(C(c2ccc(Cl)c(Cl)c2)C2CNC2)CC1. The summed E-state index contributed by atoms with van der Waals surface area (Å²) in [5, 5.41) is 14.3. The maximum atomic E-state index is 9.69. The van der Waals surface area contributed by atoms with Crippen LogP contribution in [0.1, 0.15) is 24.4 Å². The Morgan fingerprint density at radius 1 is 1.15 bits per heavy atom. The van der Waals surface area contributed by atoms with Crippen molar-refractivity contribution in [3.05, 3.63) is 33.8 Å². The Kier molecular flexibility index (Phi) is 4.53. The second-order valence-corrected chi connectivity index (χ2v) is 6.62. The lowest BCUT2D eigenvalue weighted by atomic mass is 9.86. The van der Waals surface area contributed by atoms with Crippen LogP contribution < -0.4 is 5.32 Å². The first-order valence-electron chi connectivity index (χ1n) is 7.23. The van der Waals surface area contributed by atoms with Crippen molar-refractivity contribution in [2.75, 3.05) is 26.2 Å². The molecular formula is C15H20Cl2N2O. The molecule has 1 aromatic carbocycles. The molecule has 2 aliphatic heterocycles. The molecule has 2 aliphatic rings. The van der Waals surface area contributed by atoms with E-state index in [1.165, 1.54) is 5.56 Å². The van der Waals surface area contributed by atoms with Crippen molar-refractivity contribution in [3.63, 3.8) is 0 Å². The number of likely N-dealkylation sites (tertiary alicyclic amines) is 1. The second kappa shape index (κ2) is 6.20. The Hall–Kier alpha value is -0.320. The highest BCUT2D eigenvalue weighted by molar-refractivity contribution is 6.42. The van der Waals surface area contributed by atoms with E-state index in [-0.39, 0.29) is 6.10 Å². The summed E-state index contributed by atoms with van der Waals surface area (Å²) >= 11 is 12.2. The van der Waals surface area contributed by atoms with Gasteiger partial charge in [-0.25, -0.2) is 0 Å². The molecule has 2 fully saturated rings. The average Bonchev–Trinajstić information content (AvgIpc) is 2.38. The van der Waals surface area contributed by atoms with E-state index in [1.54, 1.807) is 0 Å². The molecule has 0 aliphatic carbocycles. The van der Waals surface area contributed by atoms with Crippen molar-refractivity contribution in [2.24, 2.45) is 5.92 Å². The third-order valence-corrected chi connectivity index (χ3v) is 5.18. The summed E-state index contributed by atoms with van der Waals surface area (Å²) in [6, 6.07) is 6.34. The molecule has 3 nitrogen and oxygen atoms in total. The van der Waals surface area contributed by atoms with Crippen LogP contribution in [0.15, 0.2) is 18.2 Å². The maximum Gasteiger partial charge on any atom is 0.0595 e. The lowest BCUT2D eigenvalue weighted by Gasteiger charge is -2.44. The van der Waals surface area contributed by atoms with Crippen LogP contribution in [-0.4, -0.2) is 42.3 Å². The summed E-state index contributed by atoms with van der Waals surface area (Å²) in [5.41, 5.74) is 1.24. The first-order valence-corrected chi connectivity index (χ1v) is 7.98. The highest BCUT2D eigenvalue weighted by Crippen LogP contribution is 2.36. The molecule has 5 heteroatoms. The zero-order valence-electron chi connectivity index (χ0n) is 11.4. The zero-order chi connectivity index (χ0) is 14.1. The second-order valence-electron chi connectivity index (χ2n) is 5.80. The molecule has 3 rings (SSSR count). The van der Waals surface area contributed by atoms with E-state index in [2.05, 4.69) is 16.3 Å². The maximum absolute atomic E-state index is 9.69. The van der Waals surface area contributed by atoms with Gasteiger partial charge in [0.25, 0.3) is 0 Å². The number of rotatable bonds is 3. The third-order valence-electron chi connectivity index (χ3n) is 4.44. The van der Waals surface area contributed by atoms with Crippen molar-refractivity contribution >= 4 is 23.2 Å². The van der Waals surface area contributed by atoms with Gasteiger partial charge in [0.05, 0.1) is 16.1 Å². The number of nitrogens with one attached hydrogen (secondary N) is 1. The van der Waals surface area contributed by atoms with Gasteiger partial charge in [-0.1, -0.05) is 29.3 Å². The van der Waals surface area contributed by atoms with E-state index in [1.807, 2.05) is 12.1 Å². The van der Waals surface area contributed by atoms with Crippen LogP contribution in [0.25, 0.3) is 0 Å². The van der Waals surface area contributed by atoms with E-state index in [9.17, 15) is 5.11 Å². The topological polar surface area (TPSA) is 35.5 Å². The number of hydrogen-bond donors (Lipinski definition) is 2. The highest BCUT2D eigenvalue weighted by Gasteiger charge is 2.34. The van der Waals surface area contributed by atoms with Crippen molar-refractivity contribution in [3.8, 4) is 0 Å². The van der Waals surface area contributed by atoms with Crippen LogP contribution >= 0.6 is 23.2 Å². The monoisotopic (exact) mass is 314 g/mol. The number of nitrogens with zero attached hydrogens (tertiary/aromatic N) is 1. The summed E-state index contributed by atoms with van der Waals surface area (Å²) in [4.78, 5) is 2.48. The largest absolute Gasteiger partial charge is 0.393 e. The summed E-state index contributed by atoms with van der Waals surface area (Å²) in [6.07, 6.45) is 1.58. The van der Waals surface area contributed by atoms with Gasteiger partial charge in [-0.3, -0.25) is 4.90 Å².